The Morgan fingerprint density at radius 1 is 1.41 bits per heavy atom. The number of aromatic nitrogens is 1. The Kier molecular flexibility index (Phi) is 5.94. The van der Waals surface area contributed by atoms with Crippen molar-refractivity contribution in [3.63, 3.8) is 0 Å². The number of nitrogens with one attached hydrogen (secondary N) is 1. The van der Waals surface area contributed by atoms with Gasteiger partial charge in [-0.05, 0) is 32.0 Å². The van der Waals surface area contributed by atoms with Crippen LogP contribution in [0.2, 0.25) is 0 Å². The SMILES string of the molecule is CCNC(C)c1ccc(N(CC)CCO)nc1. The molecule has 96 valence electrons. The van der Waals surface area contributed by atoms with Gasteiger partial charge >= 0.3 is 0 Å². The summed E-state index contributed by atoms with van der Waals surface area (Å²) in [4.78, 5) is 6.50. The number of nitrogens with zero attached hydrogens (tertiary/aromatic N) is 2. The molecule has 0 saturated heterocycles. The van der Waals surface area contributed by atoms with Crippen LogP contribution in [0, 0.1) is 0 Å². The van der Waals surface area contributed by atoms with Gasteiger partial charge < -0.3 is 15.3 Å². The average Bonchev–Trinajstić information content (AvgIpc) is 2.36. The van der Waals surface area contributed by atoms with Gasteiger partial charge in [0.2, 0.25) is 0 Å². The molecule has 0 aromatic carbocycles. The third-order valence-electron chi connectivity index (χ3n) is 2.86. The first kappa shape index (κ1) is 13.9. The zero-order valence-corrected chi connectivity index (χ0v) is 11.0. The highest BCUT2D eigenvalue weighted by atomic mass is 16.3. The molecule has 17 heavy (non-hydrogen) atoms. The fourth-order valence-corrected chi connectivity index (χ4v) is 1.82. The first-order valence-corrected chi connectivity index (χ1v) is 6.28. The van der Waals surface area contributed by atoms with Crippen LogP contribution in [0.1, 0.15) is 32.4 Å². The van der Waals surface area contributed by atoms with Crippen molar-refractivity contribution in [2.24, 2.45) is 0 Å². The predicted octanol–water partition coefficient (Wildman–Crippen LogP) is 1.57. The largest absolute Gasteiger partial charge is 0.395 e. The molecule has 1 heterocycles. The van der Waals surface area contributed by atoms with Crippen LogP contribution in [-0.2, 0) is 0 Å². The van der Waals surface area contributed by atoms with Crippen molar-refractivity contribution in [1.82, 2.24) is 10.3 Å². The van der Waals surface area contributed by atoms with Crippen LogP contribution in [0.5, 0.6) is 0 Å². The molecule has 4 heteroatoms. The quantitative estimate of drug-likeness (QED) is 0.756. The molecule has 0 amide bonds. The maximum absolute atomic E-state index is 8.96. The van der Waals surface area contributed by atoms with Crippen molar-refractivity contribution in [1.29, 1.82) is 0 Å². The molecule has 0 bridgehead atoms. The Balaban J connectivity index is 2.72. The van der Waals surface area contributed by atoms with E-state index in [1.54, 1.807) is 0 Å². The van der Waals surface area contributed by atoms with Gasteiger partial charge in [-0.3, -0.25) is 0 Å². The zero-order chi connectivity index (χ0) is 12.7. The van der Waals surface area contributed by atoms with E-state index in [0.717, 1.165) is 18.9 Å². The third kappa shape index (κ3) is 3.98. The van der Waals surface area contributed by atoms with Crippen LogP contribution in [0.25, 0.3) is 0 Å². The second kappa shape index (κ2) is 7.25. The van der Waals surface area contributed by atoms with Crippen LogP contribution in [-0.4, -0.2) is 36.3 Å². The summed E-state index contributed by atoms with van der Waals surface area (Å²) >= 11 is 0. The number of pyridine rings is 1. The summed E-state index contributed by atoms with van der Waals surface area (Å²) in [6.07, 6.45) is 1.91. The summed E-state index contributed by atoms with van der Waals surface area (Å²) in [5.41, 5.74) is 1.19. The van der Waals surface area contributed by atoms with Gasteiger partial charge in [0.15, 0.2) is 0 Å². The molecule has 0 aliphatic heterocycles. The van der Waals surface area contributed by atoms with E-state index in [0.29, 0.717) is 12.6 Å². The highest BCUT2D eigenvalue weighted by Gasteiger charge is 2.07. The van der Waals surface area contributed by atoms with E-state index in [-0.39, 0.29) is 6.61 Å². The van der Waals surface area contributed by atoms with Crippen molar-refractivity contribution < 1.29 is 5.11 Å². The van der Waals surface area contributed by atoms with Gasteiger partial charge in [0.05, 0.1) is 6.61 Å². The van der Waals surface area contributed by atoms with Gasteiger partial charge in [0, 0.05) is 25.3 Å². The standard InChI is InChI=1S/C13H23N3O/c1-4-14-11(3)12-6-7-13(15-10-12)16(5-2)8-9-17/h6-7,10-11,14,17H,4-5,8-9H2,1-3H3. The lowest BCUT2D eigenvalue weighted by atomic mass is 10.1. The molecular weight excluding hydrogens is 214 g/mol. The summed E-state index contributed by atoms with van der Waals surface area (Å²) in [5.74, 6) is 0.925. The molecule has 0 spiro atoms. The monoisotopic (exact) mass is 237 g/mol. The lowest BCUT2D eigenvalue weighted by molar-refractivity contribution is 0.302. The van der Waals surface area contributed by atoms with Crippen LogP contribution in [0.3, 0.4) is 0 Å². The Morgan fingerprint density at radius 3 is 2.65 bits per heavy atom. The normalized spacial score (nSPS) is 12.5. The molecule has 0 fully saturated rings. The van der Waals surface area contributed by atoms with Crippen LogP contribution >= 0.6 is 0 Å². The van der Waals surface area contributed by atoms with Crippen LogP contribution < -0.4 is 10.2 Å². The zero-order valence-electron chi connectivity index (χ0n) is 11.0. The van der Waals surface area contributed by atoms with E-state index in [4.69, 9.17) is 5.11 Å². The van der Waals surface area contributed by atoms with Crippen molar-refractivity contribution in [2.75, 3.05) is 31.1 Å². The number of anilines is 1. The van der Waals surface area contributed by atoms with Gasteiger partial charge in [-0.1, -0.05) is 13.0 Å². The molecule has 0 saturated carbocycles. The number of rotatable bonds is 7. The van der Waals surface area contributed by atoms with Crippen LogP contribution in [0.15, 0.2) is 18.3 Å². The van der Waals surface area contributed by atoms with Crippen molar-refractivity contribution >= 4 is 5.82 Å². The van der Waals surface area contributed by atoms with Crippen LogP contribution in [0.4, 0.5) is 5.82 Å². The smallest absolute Gasteiger partial charge is 0.128 e. The Labute approximate surface area is 104 Å². The Morgan fingerprint density at radius 2 is 2.18 bits per heavy atom. The van der Waals surface area contributed by atoms with Crippen molar-refractivity contribution in [2.45, 2.75) is 26.8 Å². The highest BCUT2D eigenvalue weighted by Crippen LogP contribution is 2.15. The van der Waals surface area contributed by atoms with E-state index in [1.807, 2.05) is 12.3 Å². The molecule has 1 unspecified atom stereocenters. The second-order valence-electron chi connectivity index (χ2n) is 4.03. The Bertz CT molecular complexity index is 313. The molecule has 1 aromatic heterocycles. The summed E-state index contributed by atoms with van der Waals surface area (Å²) < 4.78 is 0. The fraction of sp³-hybridized carbons (Fsp3) is 0.615. The predicted molar refractivity (Wildman–Crippen MR) is 71.3 cm³/mol. The fourth-order valence-electron chi connectivity index (χ4n) is 1.82. The lowest BCUT2D eigenvalue weighted by Gasteiger charge is -2.21. The highest BCUT2D eigenvalue weighted by molar-refractivity contribution is 5.39. The minimum atomic E-state index is 0.158. The summed E-state index contributed by atoms with van der Waals surface area (Å²) in [6, 6.07) is 4.44. The molecule has 0 aliphatic rings. The number of hydrogen-bond acceptors (Lipinski definition) is 4. The molecule has 4 nitrogen and oxygen atoms in total. The first-order valence-electron chi connectivity index (χ1n) is 6.28. The third-order valence-corrected chi connectivity index (χ3v) is 2.86. The number of aliphatic hydroxyl groups excluding tert-OH is 1. The number of likely N-dealkylation sites (N-methyl/N-ethyl adjacent to an activating group) is 1. The maximum Gasteiger partial charge on any atom is 0.128 e. The van der Waals surface area contributed by atoms with E-state index < -0.39 is 0 Å². The van der Waals surface area contributed by atoms with Gasteiger partial charge in [-0.2, -0.15) is 0 Å². The molecule has 1 rings (SSSR count). The molecule has 0 aliphatic carbocycles. The van der Waals surface area contributed by atoms with Gasteiger partial charge in [-0.15, -0.1) is 0 Å². The van der Waals surface area contributed by atoms with Gasteiger partial charge in [0.25, 0.3) is 0 Å². The topological polar surface area (TPSA) is 48.4 Å². The van der Waals surface area contributed by atoms with Crippen molar-refractivity contribution in [3.8, 4) is 0 Å². The number of hydrogen-bond donors (Lipinski definition) is 2. The van der Waals surface area contributed by atoms with Gasteiger partial charge in [0.1, 0.15) is 5.82 Å². The van der Waals surface area contributed by atoms with E-state index in [2.05, 4.69) is 42.0 Å². The maximum atomic E-state index is 8.96. The summed E-state index contributed by atoms with van der Waals surface area (Å²) in [6.45, 7) is 8.89. The molecule has 2 N–H and O–H groups in total. The van der Waals surface area contributed by atoms with Crippen molar-refractivity contribution in [3.05, 3.63) is 23.9 Å². The number of aliphatic hydroxyl groups is 1. The lowest BCUT2D eigenvalue weighted by Crippen LogP contribution is -2.27. The molecule has 1 atom stereocenters. The second-order valence-corrected chi connectivity index (χ2v) is 4.03. The molecule has 1 aromatic rings. The molecule has 0 radical (unpaired) electrons. The van der Waals surface area contributed by atoms with E-state index in [1.165, 1.54) is 5.56 Å². The first-order chi connectivity index (χ1) is 8.22. The minimum absolute atomic E-state index is 0.158. The molecular formula is C13H23N3O. The van der Waals surface area contributed by atoms with Gasteiger partial charge in [-0.25, -0.2) is 4.98 Å². The van der Waals surface area contributed by atoms with E-state index in [9.17, 15) is 0 Å². The summed E-state index contributed by atoms with van der Waals surface area (Å²) in [5, 5.41) is 12.3. The Hall–Kier alpha value is -1.13. The van der Waals surface area contributed by atoms with E-state index >= 15 is 0 Å². The summed E-state index contributed by atoms with van der Waals surface area (Å²) in [7, 11) is 0. The minimum Gasteiger partial charge on any atom is -0.395 e. The average molecular weight is 237 g/mol.